The lowest BCUT2D eigenvalue weighted by Gasteiger charge is -2.27. The first-order chi connectivity index (χ1) is 16.3. The lowest BCUT2D eigenvalue weighted by atomic mass is 9.96. The van der Waals surface area contributed by atoms with Crippen LogP contribution >= 0.6 is 23.2 Å². The van der Waals surface area contributed by atoms with E-state index in [1.807, 2.05) is 36.1 Å². The molecule has 0 saturated heterocycles. The van der Waals surface area contributed by atoms with E-state index < -0.39 is 12.2 Å². The highest BCUT2D eigenvalue weighted by molar-refractivity contribution is 6.31. The van der Waals surface area contributed by atoms with E-state index in [0.29, 0.717) is 40.2 Å². The molecule has 0 amide bonds. The van der Waals surface area contributed by atoms with Gasteiger partial charge in [0.2, 0.25) is 0 Å². The molecule has 180 valence electrons. The lowest BCUT2D eigenvalue weighted by Crippen LogP contribution is -2.39. The zero-order valence-corrected chi connectivity index (χ0v) is 20.5. The van der Waals surface area contributed by atoms with Gasteiger partial charge < -0.3 is 19.7 Å². The number of aliphatic hydroxyl groups is 1. The molecule has 0 aliphatic heterocycles. The van der Waals surface area contributed by atoms with Gasteiger partial charge in [-0.15, -0.1) is 0 Å². The molecular formula is C26H27Cl2NO5. The van der Waals surface area contributed by atoms with Crippen molar-refractivity contribution >= 4 is 29.2 Å². The van der Waals surface area contributed by atoms with Crippen LogP contribution < -0.4 is 9.47 Å². The van der Waals surface area contributed by atoms with Crippen LogP contribution in [0.25, 0.3) is 11.1 Å². The molecule has 0 fully saturated rings. The van der Waals surface area contributed by atoms with E-state index in [-0.39, 0.29) is 13.0 Å². The topological polar surface area (TPSA) is 79.2 Å². The molecule has 0 radical (unpaired) electrons. The van der Waals surface area contributed by atoms with E-state index in [1.165, 1.54) is 0 Å². The van der Waals surface area contributed by atoms with Crippen molar-refractivity contribution in [2.24, 2.45) is 0 Å². The van der Waals surface area contributed by atoms with E-state index in [1.54, 1.807) is 43.5 Å². The third kappa shape index (κ3) is 7.11. The first kappa shape index (κ1) is 25.8. The van der Waals surface area contributed by atoms with Gasteiger partial charge in [-0.1, -0.05) is 42.3 Å². The van der Waals surface area contributed by atoms with Crippen molar-refractivity contribution in [3.63, 3.8) is 0 Å². The summed E-state index contributed by atoms with van der Waals surface area (Å²) >= 11 is 12.2. The fourth-order valence-electron chi connectivity index (χ4n) is 3.63. The van der Waals surface area contributed by atoms with Crippen LogP contribution in [0.1, 0.15) is 18.1 Å². The maximum Gasteiger partial charge on any atom is 0.307 e. The Kier molecular flexibility index (Phi) is 9.19. The first-order valence-electron chi connectivity index (χ1n) is 10.8. The van der Waals surface area contributed by atoms with Crippen molar-refractivity contribution in [1.82, 2.24) is 4.90 Å². The summed E-state index contributed by atoms with van der Waals surface area (Å²) in [6, 6.07) is 17.9. The normalized spacial score (nSPS) is 11.9. The van der Waals surface area contributed by atoms with E-state index in [4.69, 9.17) is 32.7 Å². The lowest BCUT2D eigenvalue weighted by molar-refractivity contribution is -0.136. The largest absolute Gasteiger partial charge is 0.497 e. The number of aliphatic carboxylic acids is 1. The SMILES string of the molecule is CCN(Cc1ccc(OC)cc1-c1cc(Cl)cc(CC(=O)O)c1)C(O)COc1ccc(Cl)cc1. The molecule has 3 aromatic rings. The van der Waals surface area contributed by atoms with Crippen molar-refractivity contribution in [2.75, 3.05) is 20.3 Å². The molecule has 3 rings (SSSR count). The minimum absolute atomic E-state index is 0.0842. The average Bonchev–Trinajstić information content (AvgIpc) is 2.81. The zero-order chi connectivity index (χ0) is 24.7. The van der Waals surface area contributed by atoms with Crippen LogP contribution in [0.4, 0.5) is 0 Å². The molecule has 8 heteroatoms. The van der Waals surface area contributed by atoms with Crippen LogP contribution in [-0.4, -0.2) is 47.6 Å². The van der Waals surface area contributed by atoms with Gasteiger partial charge in [-0.05, 0) is 77.3 Å². The highest BCUT2D eigenvalue weighted by atomic mass is 35.5. The summed E-state index contributed by atoms with van der Waals surface area (Å²) in [6.07, 6.45) is -0.980. The molecular weight excluding hydrogens is 477 g/mol. The number of aliphatic hydroxyl groups excluding tert-OH is 1. The second kappa shape index (κ2) is 12.1. The summed E-state index contributed by atoms with van der Waals surface area (Å²) in [7, 11) is 1.59. The molecule has 0 saturated carbocycles. The number of ether oxygens (including phenoxy) is 2. The van der Waals surface area contributed by atoms with Crippen LogP contribution in [0.5, 0.6) is 11.5 Å². The van der Waals surface area contributed by atoms with Gasteiger partial charge in [0.05, 0.1) is 13.5 Å². The second-order valence-electron chi connectivity index (χ2n) is 7.75. The Balaban J connectivity index is 1.85. The molecule has 3 aromatic carbocycles. The maximum atomic E-state index is 11.2. The summed E-state index contributed by atoms with van der Waals surface area (Å²) in [4.78, 5) is 13.1. The van der Waals surface area contributed by atoms with Gasteiger partial charge in [0, 0.05) is 16.6 Å². The molecule has 1 atom stereocenters. The number of hydrogen-bond donors (Lipinski definition) is 2. The van der Waals surface area contributed by atoms with Crippen molar-refractivity contribution in [3.8, 4) is 22.6 Å². The smallest absolute Gasteiger partial charge is 0.307 e. The molecule has 6 nitrogen and oxygen atoms in total. The van der Waals surface area contributed by atoms with Gasteiger partial charge in [0.15, 0.2) is 0 Å². The van der Waals surface area contributed by atoms with Gasteiger partial charge in [-0.2, -0.15) is 0 Å². The Morgan fingerprint density at radius 2 is 1.71 bits per heavy atom. The van der Waals surface area contributed by atoms with E-state index in [0.717, 1.165) is 16.7 Å². The minimum atomic E-state index is -0.931. The highest BCUT2D eigenvalue weighted by Crippen LogP contribution is 2.32. The van der Waals surface area contributed by atoms with Crippen LogP contribution in [0.3, 0.4) is 0 Å². The third-order valence-corrected chi connectivity index (χ3v) is 5.82. The van der Waals surface area contributed by atoms with E-state index in [9.17, 15) is 15.0 Å². The van der Waals surface area contributed by atoms with Crippen molar-refractivity contribution in [2.45, 2.75) is 26.1 Å². The monoisotopic (exact) mass is 503 g/mol. The third-order valence-electron chi connectivity index (χ3n) is 5.35. The highest BCUT2D eigenvalue weighted by Gasteiger charge is 2.18. The Labute approximate surface area is 209 Å². The summed E-state index contributed by atoms with van der Waals surface area (Å²) in [5.74, 6) is 0.350. The van der Waals surface area contributed by atoms with E-state index >= 15 is 0 Å². The Bertz CT molecular complexity index is 1120. The van der Waals surface area contributed by atoms with Gasteiger partial charge >= 0.3 is 5.97 Å². The number of carboxylic acid groups (broad SMARTS) is 1. The molecule has 0 aliphatic carbocycles. The molecule has 1 unspecified atom stereocenters. The number of halogens is 2. The van der Waals surface area contributed by atoms with Crippen LogP contribution in [0.15, 0.2) is 60.7 Å². The first-order valence-corrected chi connectivity index (χ1v) is 11.5. The number of likely N-dealkylation sites (N-methyl/N-ethyl adjacent to an activating group) is 1. The van der Waals surface area contributed by atoms with Gasteiger partial charge in [0.1, 0.15) is 24.3 Å². The molecule has 0 heterocycles. The fraction of sp³-hybridized carbons (Fsp3) is 0.269. The molecule has 0 bridgehead atoms. The Morgan fingerprint density at radius 3 is 2.35 bits per heavy atom. The fourth-order valence-corrected chi connectivity index (χ4v) is 4.01. The van der Waals surface area contributed by atoms with Gasteiger partial charge in [0.25, 0.3) is 0 Å². The van der Waals surface area contributed by atoms with Crippen LogP contribution in [0, 0.1) is 0 Å². The number of rotatable bonds is 11. The van der Waals surface area contributed by atoms with Gasteiger partial charge in [-0.25, -0.2) is 0 Å². The number of hydrogen-bond acceptors (Lipinski definition) is 5. The van der Waals surface area contributed by atoms with Gasteiger partial charge in [-0.3, -0.25) is 9.69 Å². The number of carboxylic acids is 1. The summed E-state index contributed by atoms with van der Waals surface area (Å²) in [5.41, 5.74) is 3.16. The summed E-state index contributed by atoms with van der Waals surface area (Å²) in [5, 5.41) is 21.1. The molecule has 0 spiro atoms. The Hall–Kier alpha value is -2.77. The molecule has 0 aliphatic rings. The number of carbonyl (C=O) groups is 1. The molecule has 2 N–H and O–H groups in total. The molecule has 0 aromatic heterocycles. The quantitative estimate of drug-likeness (QED) is 0.335. The predicted octanol–water partition coefficient (Wildman–Crippen LogP) is 5.52. The van der Waals surface area contributed by atoms with Crippen molar-refractivity contribution < 1.29 is 24.5 Å². The average molecular weight is 504 g/mol. The van der Waals surface area contributed by atoms with Crippen molar-refractivity contribution in [3.05, 3.63) is 81.8 Å². The number of benzene rings is 3. The van der Waals surface area contributed by atoms with Crippen molar-refractivity contribution in [1.29, 1.82) is 0 Å². The zero-order valence-electron chi connectivity index (χ0n) is 19.0. The minimum Gasteiger partial charge on any atom is -0.497 e. The van der Waals surface area contributed by atoms with E-state index in [2.05, 4.69) is 0 Å². The predicted molar refractivity (Wildman–Crippen MR) is 134 cm³/mol. The standard InChI is InChI=1S/C26H27Cl2NO5/c1-3-29(25(30)16-34-22-8-5-20(27)6-9-22)15-18-4-7-23(33-2)14-24(18)19-10-17(12-26(31)32)11-21(28)13-19/h4-11,13-14,25,30H,3,12,15-16H2,1-2H3,(H,31,32). The second-order valence-corrected chi connectivity index (χ2v) is 8.62. The molecule has 34 heavy (non-hydrogen) atoms. The Morgan fingerprint density at radius 1 is 1.00 bits per heavy atom. The van der Waals surface area contributed by atoms with Crippen LogP contribution in [-0.2, 0) is 17.8 Å². The summed E-state index contributed by atoms with van der Waals surface area (Å²) < 4.78 is 11.1. The number of nitrogens with zero attached hydrogens (tertiary/aromatic N) is 1. The number of methoxy groups -OCH3 is 1. The van der Waals surface area contributed by atoms with Crippen LogP contribution in [0.2, 0.25) is 10.0 Å². The summed E-state index contributed by atoms with van der Waals surface area (Å²) in [6.45, 7) is 3.05. The maximum absolute atomic E-state index is 11.2.